The molecule has 0 amide bonds. The van der Waals surface area contributed by atoms with Gasteiger partial charge in [0.25, 0.3) is 0 Å². The normalized spacial score (nSPS) is 11.1. The summed E-state index contributed by atoms with van der Waals surface area (Å²) in [7, 11) is 0. The number of carbonyl (C=O) groups is 1. The number of nitrogens with zero attached hydrogens (tertiary/aromatic N) is 1. The van der Waals surface area contributed by atoms with Gasteiger partial charge in [-0.1, -0.05) is 92.3 Å². The SMILES string of the molecule is CC(C)CN(Cc1ccc(COc2ccc(CCC(=O)O)cc2)cc1)C(=N)S/C=C/c1ccccc1. The van der Waals surface area contributed by atoms with Gasteiger partial charge in [-0.15, -0.1) is 0 Å². The van der Waals surface area contributed by atoms with Crippen LogP contribution in [0.4, 0.5) is 0 Å². The van der Waals surface area contributed by atoms with Crippen LogP contribution >= 0.6 is 11.8 Å². The molecule has 0 spiro atoms. The standard InChI is InChI=1S/C30H34N2O3S/c1-23(2)20-32(30(31)36-19-18-24-6-4-3-5-7-24)21-26-8-10-27(11-9-26)22-35-28-15-12-25(13-16-28)14-17-29(33)34/h3-13,15-16,18-19,23,31H,14,17,20-22H2,1-2H3,(H,33,34)/b19-18+,31-30?. The van der Waals surface area contributed by atoms with E-state index in [1.54, 1.807) is 0 Å². The molecular weight excluding hydrogens is 468 g/mol. The summed E-state index contributed by atoms with van der Waals surface area (Å²) in [5, 5.41) is 19.9. The van der Waals surface area contributed by atoms with Crippen LogP contribution in [-0.4, -0.2) is 27.7 Å². The molecule has 0 radical (unpaired) electrons. The van der Waals surface area contributed by atoms with Crippen molar-refractivity contribution < 1.29 is 14.6 Å². The monoisotopic (exact) mass is 502 g/mol. The first kappa shape index (κ1) is 27.1. The van der Waals surface area contributed by atoms with Crippen LogP contribution in [0.3, 0.4) is 0 Å². The molecule has 3 aromatic carbocycles. The summed E-state index contributed by atoms with van der Waals surface area (Å²) in [6.45, 7) is 6.30. The molecule has 0 aliphatic rings. The summed E-state index contributed by atoms with van der Waals surface area (Å²) in [5.41, 5.74) is 4.33. The first-order valence-corrected chi connectivity index (χ1v) is 13.0. The Morgan fingerprint density at radius 1 is 0.972 bits per heavy atom. The van der Waals surface area contributed by atoms with E-state index in [1.165, 1.54) is 11.8 Å². The summed E-state index contributed by atoms with van der Waals surface area (Å²) in [5.74, 6) is 0.420. The fourth-order valence-corrected chi connectivity index (χ4v) is 4.25. The van der Waals surface area contributed by atoms with Gasteiger partial charge in [-0.25, -0.2) is 0 Å². The number of hydrogen-bond donors (Lipinski definition) is 2. The number of carboxylic acids is 1. The summed E-state index contributed by atoms with van der Waals surface area (Å²) in [6.07, 6.45) is 2.68. The molecule has 0 unspecified atom stereocenters. The minimum Gasteiger partial charge on any atom is -0.489 e. The van der Waals surface area contributed by atoms with Crippen molar-refractivity contribution in [3.63, 3.8) is 0 Å². The second kappa shape index (κ2) is 14.1. The molecule has 2 N–H and O–H groups in total. The number of nitrogens with one attached hydrogen (secondary N) is 1. The van der Waals surface area contributed by atoms with Crippen molar-refractivity contribution in [3.8, 4) is 5.75 Å². The number of aryl methyl sites for hydroxylation is 1. The lowest BCUT2D eigenvalue weighted by atomic mass is 10.1. The molecule has 36 heavy (non-hydrogen) atoms. The van der Waals surface area contributed by atoms with Gasteiger partial charge in [0.2, 0.25) is 0 Å². The Hall–Kier alpha value is -3.51. The van der Waals surface area contributed by atoms with Crippen LogP contribution in [0.1, 0.15) is 42.5 Å². The molecular formula is C30H34N2O3S. The quantitative estimate of drug-likeness (QED) is 0.204. The van der Waals surface area contributed by atoms with E-state index < -0.39 is 5.97 Å². The average Bonchev–Trinajstić information content (AvgIpc) is 2.87. The highest BCUT2D eigenvalue weighted by Crippen LogP contribution is 2.19. The number of thioether (sulfide) groups is 1. The van der Waals surface area contributed by atoms with E-state index in [4.69, 9.17) is 15.3 Å². The van der Waals surface area contributed by atoms with Crippen molar-refractivity contribution in [2.75, 3.05) is 6.54 Å². The number of ether oxygens (including phenoxy) is 1. The van der Waals surface area contributed by atoms with E-state index in [-0.39, 0.29) is 6.42 Å². The number of aliphatic carboxylic acids is 1. The zero-order valence-corrected chi connectivity index (χ0v) is 21.7. The molecule has 0 saturated heterocycles. The third-order valence-electron chi connectivity index (χ3n) is 5.47. The first-order chi connectivity index (χ1) is 17.4. The van der Waals surface area contributed by atoms with Gasteiger partial charge in [0, 0.05) is 19.5 Å². The van der Waals surface area contributed by atoms with Crippen LogP contribution in [0.5, 0.6) is 5.75 Å². The van der Waals surface area contributed by atoms with Crippen LogP contribution < -0.4 is 4.74 Å². The van der Waals surface area contributed by atoms with E-state index in [2.05, 4.69) is 55.1 Å². The van der Waals surface area contributed by atoms with E-state index in [0.29, 0.717) is 30.7 Å². The number of benzene rings is 3. The fraction of sp³-hybridized carbons (Fsp3) is 0.267. The Balaban J connectivity index is 1.52. The maximum atomic E-state index is 10.7. The Bertz CT molecular complexity index is 1130. The van der Waals surface area contributed by atoms with Crippen LogP contribution in [0.15, 0.2) is 84.3 Å². The molecule has 5 nitrogen and oxygen atoms in total. The Labute approximate surface area is 218 Å². The van der Waals surface area contributed by atoms with Crippen molar-refractivity contribution in [2.45, 2.75) is 39.8 Å². The van der Waals surface area contributed by atoms with Gasteiger partial charge in [0.15, 0.2) is 5.17 Å². The number of rotatable bonds is 12. The summed E-state index contributed by atoms with van der Waals surface area (Å²) in [4.78, 5) is 12.8. The molecule has 6 heteroatoms. The maximum Gasteiger partial charge on any atom is 0.303 e. The molecule has 0 aromatic heterocycles. The van der Waals surface area contributed by atoms with Gasteiger partial charge in [-0.2, -0.15) is 0 Å². The van der Waals surface area contributed by atoms with Gasteiger partial charge < -0.3 is 14.7 Å². The van der Waals surface area contributed by atoms with Gasteiger partial charge in [-0.3, -0.25) is 10.2 Å². The lowest BCUT2D eigenvalue weighted by Crippen LogP contribution is -2.31. The molecule has 0 aliphatic heterocycles. The Morgan fingerprint density at radius 2 is 1.61 bits per heavy atom. The smallest absolute Gasteiger partial charge is 0.303 e. The lowest BCUT2D eigenvalue weighted by Gasteiger charge is -2.26. The third kappa shape index (κ3) is 9.62. The topological polar surface area (TPSA) is 73.6 Å². The van der Waals surface area contributed by atoms with Crippen LogP contribution in [0, 0.1) is 11.3 Å². The van der Waals surface area contributed by atoms with Gasteiger partial charge in [0.05, 0.1) is 0 Å². The fourth-order valence-electron chi connectivity index (χ4n) is 3.61. The minimum atomic E-state index is -0.790. The van der Waals surface area contributed by atoms with E-state index in [1.807, 2.05) is 53.9 Å². The predicted molar refractivity (Wildman–Crippen MR) is 149 cm³/mol. The van der Waals surface area contributed by atoms with Crippen LogP contribution in [-0.2, 0) is 24.4 Å². The van der Waals surface area contributed by atoms with E-state index >= 15 is 0 Å². The van der Waals surface area contributed by atoms with Crippen molar-refractivity contribution >= 4 is 29.0 Å². The highest BCUT2D eigenvalue weighted by Gasteiger charge is 2.12. The van der Waals surface area contributed by atoms with E-state index in [0.717, 1.165) is 34.5 Å². The van der Waals surface area contributed by atoms with Crippen LogP contribution in [0.2, 0.25) is 0 Å². The lowest BCUT2D eigenvalue weighted by molar-refractivity contribution is -0.136. The molecule has 3 rings (SSSR count). The summed E-state index contributed by atoms with van der Waals surface area (Å²) >= 11 is 1.43. The zero-order chi connectivity index (χ0) is 25.8. The number of hydrogen-bond acceptors (Lipinski definition) is 4. The second-order valence-corrected chi connectivity index (χ2v) is 9.95. The molecule has 0 aliphatic carbocycles. The molecule has 3 aromatic rings. The number of amidine groups is 1. The van der Waals surface area contributed by atoms with Crippen molar-refractivity contribution in [1.29, 1.82) is 5.41 Å². The predicted octanol–water partition coefficient (Wildman–Crippen LogP) is 7.08. The van der Waals surface area contributed by atoms with Gasteiger partial charge in [-0.05, 0) is 58.2 Å². The molecule has 0 heterocycles. The highest BCUT2D eigenvalue weighted by molar-refractivity contribution is 8.16. The van der Waals surface area contributed by atoms with Crippen molar-refractivity contribution in [1.82, 2.24) is 4.90 Å². The molecule has 0 bridgehead atoms. The first-order valence-electron chi connectivity index (χ1n) is 12.1. The average molecular weight is 503 g/mol. The zero-order valence-electron chi connectivity index (χ0n) is 20.9. The van der Waals surface area contributed by atoms with Crippen molar-refractivity contribution in [2.24, 2.45) is 5.92 Å². The van der Waals surface area contributed by atoms with Crippen molar-refractivity contribution in [3.05, 3.63) is 107 Å². The third-order valence-corrected chi connectivity index (χ3v) is 6.22. The number of carboxylic acid groups (broad SMARTS) is 1. The summed E-state index contributed by atoms with van der Waals surface area (Å²) in [6, 6.07) is 26.0. The molecule has 0 atom stereocenters. The highest BCUT2D eigenvalue weighted by atomic mass is 32.2. The molecule has 0 fully saturated rings. The maximum absolute atomic E-state index is 10.7. The molecule has 0 saturated carbocycles. The minimum absolute atomic E-state index is 0.129. The van der Waals surface area contributed by atoms with Crippen LogP contribution in [0.25, 0.3) is 6.08 Å². The largest absolute Gasteiger partial charge is 0.489 e. The Kier molecular flexibility index (Phi) is 10.6. The Morgan fingerprint density at radius 3 is 2.25 bits per heavy atom. The van der Waals surface area contributed by atoms with Gasteiger partial charge in [0.1, 0.15) is 12.4 Å². The summed E-state index contributed by atoms with van der Waals surface area (Å²) < 4.78 is 5.89. The second-order valence-electron chi connectivity index (χ2n) is 9.05. The van der Waals surface area contributed by atoms with Gasteiger partial charge >= 0.3 is 5.97 Å². The van der Waals surface area contributed by atoms with E-state index in [9.17, 15) is 4.79 Å². The molecule has 188 valence electrons.